The molecule has 2 rings (SSSR count). The highest BCUT2D eigenvalue weighted by Crippen LogP contribution is 2.34. The van der Waals surface area contributed by atoms with Gasteiger partial charge in [0.2, 0.25) is 0 Å². The number of ether oxygens (including phenoxy) is 3. The van der Waals surface area contributed by atoms with Gasteiger partial charge in [-0.05, 0) is 0 Å². The molecular formula is C14H24Cl2N2O3. The van der Waals surface area contributed by atoms with Crippen molar-refractivity contribution in [3.63, 3.8) is 0 Å². The molecule has 7 heteroatoms. The lowest BCUT2D eigenvalue weighted by molar-refractivity contribution is 0.226. The number of hydrogen-bond donors (Lipinski definition) is 1. The highest BCUT2D eigenvalue weighted by atomic mass is 35.5. The molecule has 1 aromatic rings. The largest absolute Gasteiger partial charge is 0.496 e. The van der Waals surface area contributed by atoms with Gasteiger partial charge in [-0.25, -0.2) is 0 Å². The Morgan fingerprint density at radius 3 is 1.90 bits per heavy atom. The number of hydrogen-bond acceptors (Lipinski definition) is 5. The second kappa shape index (κ2) is 9.95. The van der Waals surface area contributed by atoms with Crippen LogP contribution < -0.4 is 19.5 Å². The molecule has 5 nitrogen and oxygen atoms in total. The van der Waals surface area contributed by atoms with Gasteiger partial charge < -0.3 is 19.5 Å². The molecule has 0 atom stereocenters. The van der Waals surface area contributed by atoms with E-state index in [0.29, 0.717) is 0 Å². The molecule has 1 saturated heterocycles. The average molecular weight is 339 g/mol. The second-order valence-electron chi connectivity index (χ2n) is 4.54. The molecule has 21 heavy (non-hydrogen) atoms. The summed E-state index contributed by atoms with van der Waals surface area (Å²) >= 11 is 0. The van der Waals surface area contributed by atoms with Crippen LogP contribution in [0, 0.1) is 0 Å². The van der Waals surface area contributed by atoms with Crippen LogP contribution in [-0.2, 0) is 6.54 Å². The maximum atomic E-state index is 5.47. The first-order chi connectivity index (χ1) is 9.28. The van der Waals surface area contributed by atoms with Crippen molar-refractivity contribution in [2.75, 3.05) is 47.5 Å². The van der Waals surface area contributed by atoms with Crippen LogP contribution in [-0.4, -0.2) is 52.4 Å². The van der Waals surface area contributed by atoms with Crippen molar-refractivity contribution in [1.82, 2.24) is 10.2 Å². The molecular weight excluding hydrogens is 315 g/mol. The summed E-state index contributed by atoms with van der Waals surface area (Å²) < 4.78 is 16.2. The molecule has 0 amide bonds. The third-order valence-electron chi connectivity index (χ3n) is 3.41. The number of halogens is 2. The summed E-state index contributed by atoms with van der Waals surface area (Å²) in [4.78, 5) is 2.39. The van der Waals surface area contributed by atoms with Crippen molar-refractivity contribution in [2.24, 2.45) is 0 Å². The number of piperazine rings is 1. The summed E-state index contributed by atoms with van der Waals surface area (Å²) in [6, 6.07) is 3.81. The molecule has 1 heterocycles. The number of methoxy groups -OCH3 is 3. The number of rotatable bonds is 5. The molecule has 122 valence electrons. The third-order valence-corrected chi connectivity index (χ3v) is 3.41. The van der Waals surface area contributed by atoms with Gasteiger partial charge in [0.1, 0.15) is 17.2 Å². The standard InChI is InChI=1S/C14H22N2O3.2ClH/c1-17-11-8-13(18-2)12(14(9-11)19-3)10-16-6-4-15-5-7-16;;/h8-9,15H,4-7,10H2,1-3H3;2*1H. The van der Waals surface area contributed by atoms with Crippen molar-refractivity contribution in [1.29, 1.82) is 0 Å². The molecule has 1 fully saturated rings. The van der Waals surface area contributed by atoms with E-state index < -0.39 is 0 Å². The van der Waals surface area contributed by atoms with E-state index in [1.54, 1.807) is 21.3 Å². The highest BCUT2D eigenvalue weighted by molar-refractivity contribution is 5.85. The van der Waals surface area contributed by atoms with Gasteiger partial charge in [-0.1, -0.05) is 0 Å². The highest BCUT2D eigenvalue weighted by Gasteiger charge is 2.17. The van der Waals surface area contributed by atoms with E-state index in [1.807, 2.05) is 12.1 Å². The Bertz CT molecular complexity index is 402. The molecule has 0 saturated carbocycles. The topological polar surface area (TPSA) is 43.0 Å². The van der Waals surface area contributed by atoms with Crippen molar-refractivity contribution in [3.05, 3.63) is 17.7 Å². The van der Waals surface area contributed by atoms with Gasteiger partial charge in [0.05, 0.1) is 26.9 Å². The van der Waals surface area contributed by atoms with Crippen LogP contribution in [0.2, 0.25) is 0 Å². The minimum absolute atomic E-state index is 0. The molecule has 0 radical (unpaired) electrons. The summed E-state index contributed by atoms with van der Waals surface area (Å²) in [5, 5.41) is 3.35. The predicted octanol–water partition coefficient (Wildman–Crippen LogP) is 1.96. The summed E-state index contributed by atoms with van der Waals surface area (Å²) in [5.74, 6) is 2.38. The van der Waals surface area contributed by atoms with Crippen molar-refractivity contribution < 1.29 is 14.2 Å². The molecule has 1 aromatic carbocycles. The van der Waals surface area contributed by atoms with Gasteiger partial charge >= 0.3 is 0 Å². The van der Waals surface area contributed by atoms with Gasteiger partial charge in [-0.3, -0.25) is 4.90 Å². The Labute approximate surface area is 138 Å². The smallest absolute Gasteiger partial charge is 0.130 e. The molecule has 0 unspecified atom stereocenters. The molecule has 1 aliphatic rings. The number of nitrogens with zero attached hydrogens (tertiary/aromatic N) is 1. The Balaban J connectivity index is 0.00000200. The SMILES string of the molecule is COc1cc(OC)c(CN2CCNCC2)c(OC)c1.Cl.Cl. The minimum atomic E-state index is 0. The predicted molar refractivity (Wildman–Crippen MR) is 88.7 cm³/mol. The Morgan fingerprint density at radius 1 is 0.952 bits per heavy atom. The summed E-state index contributed by atoms with van der Waals surface area (Å²) in [6.07, 6.45) is 0. The maximum absolute atomic E-state index is 5.47. The van der Waals surface area contributed by atoms with E-state index in [9.17, 15) is 0 Å². The van der Waals surface area contributed by atoms with Crippen LogP contribution in [0.15, 0.2) is 12.1 Å². The normalized spacial score (nSPS) is 14.6. The Kier molecular flexibility index (Phi) is 9.53. The van der Waals surface area contributed by atoms with Gasteiger partial charge in [-0.2, -0.15) is 0 Å². The van der Waals surface area contributed by atoms with Crippen LogP contribution in [0.1, 0.15) is 5.56 Å². The average Bonchev–Trinajstić information content (AvgIpc) is 2.48. The quantitative estimate of drug-likeness (QED) is 0.888. The van der Waals surface area contributed by atoms with Gasteiger partial charge in [0.25, 0.3) is 0 Å². The first-order valence-electron chi connectivity index (χ1n) is 6.50. The van der Waals surface area contributed by atoms with Crippen LogP contribution in [0.3, 0.4) is 0 Å². The van der Waals surface area contributed by atoms with E-state index in [2.05, 4.69) is 10.2 Å². The summed E-state index contributed by atoms with van der Waals surface area (Å²) in [7, 11) is 5.00. The number of benzene rings is 1. The van der Waals surface area contributed by atoms with E-state index in [-0.39, 0.29) is 24.8 Å². The fourth-order valence-electron chi connectivity index (χ4n) is 2.33. The first-order valence-corrected chi connectivity index (χ1v) is 6.50. The molecule has 1 N–H and O–H groups in total. The van der Waals surface area contributed by atoms with E-state index in [1.165, 1.54) is 0 Å². The van der Waals surface area contributed by atoms with Crippen LogP contribution in [0.25, 0.3) is 0 Å². The second-order valence-corrected chi connectivity index (χ2v) is 4.54. The maximum Gasteiger partial charge on any atom is 0.130 e. The van der Waals surface area contributed by atoms with Gasteiger partial charge in [0, 0.05) is 44.9 Å². The fourth-order valence-corrected chi connectivity index (χ4v) is 2.33. The van der Waals surface area contributed by atoms with Gasteiger partial charge in [0.15, 0.2) is 0 Å². The Morgan fingerprint density at radius 2 is 1.48 bits per heavy atom. The minimum Gasteiger partial charge on any atom is -0.496 e. The monoisotopic (exact) mass is 338 g/mol. The van der Waals surface area contributed by atoms with Crippen molar-refractivity contribution >= 4 is 24.8 Å². The summed E-state index contributed by atoms with van der Waals surface area (Å²) in [5.41, 5.74) is 1.08. The number of nitrogens with one attached hydrogen (secondary N) is 1. The van der Waals surface area contributed by atoms with Crippen LogP contribution >= 0.6 is 24.8 Å². The molecule has 0 spiro atoms. The van der Waals surface area contributed by atoms with E-state index in [4.69, 9.17) is 14.2 Å². The van der Waals surface area contributed by atoms with Crippen molar-refractivity contribution in [3.8, 4) is 17.2 Å². The third kappa shape index (κ3) is 5.11. The lowest BCUT2D eigenvalue weighted by atomic mass is 10.1. The molecule has 0 aromatic heterocycles. The summed E-state index contributed by atoms with van der Waals surface area (Å²) in [6.45, 7) is 4.97. The van der Waals surface area contributed by atoms with Crippen LogP contribution in [0.4, 0.5) is 0 Å². The first kappa shape index (κ1) is 20.1. The van der Waals surface area contributed by atoms with E-state index in [0.717, 1.165) is 55.5 Å². The zero-order valence-corrected chi connectivity index (χ0v) is 14.3. The molecule has 1 aliphatic heterocycles. The molecule has 0 bridgehead atoms. The lowest BCUT2D eigenvalue weighted by Crippen LogP contribution is -2.43. The van der Waals surface area contributed by atoms with Crippen molar-refractivity contribution in [2.45, 2.75) is 6.54 Å². The lowest BCUT2D eigenvalue weighted by Gasteiger charge is -2.28. The Hall–Kier alpha value is -0.880. The zero-order valence-electron chi connectivity index (χ0n) is 12.7. The zero-order chi connectivity index (χ0) is 13.7. The van der Waals surface area contributed by atoms with Crippen LogP contribution in [0.5, 0.6) is 17.2 Å². The molecule has 0 aliphatic carbocycles. The fraction of sp³-hybridized carbons (Fsp3) is 0.571. The van der Waals surface area contributed by atoms with E-state index >= 15 is 0 Å². The van der Waals surface area contributed by atoms with Gasteiger partial charge in [-0.15, -0.1) is 24.8 Å².